The Balaban J connectivity index is 1.74. The molecule has 0 amide bonds. The van der Waals surface area contributed by atoms with Gasteiger partial charge < -0.3 is 11.1 Å². The molecule has 3 heterocycles. The van der Waals surface area contributed by atoms with Gasteiger partial charge in [0.15, 0.2) is 0 Å². The van der Waals surface area contributed by atoms with Gasteiger partial charge in [-0.1, -0.05) is 36.4 Å². The van der Waals surface area contributed by atoms with Crippen molar-refractivity contribution in [3.8, 4) is 22.9 Å². The second kappa shape index (κ2) is 8.76. The van der Waals surface area contributed by atoms with E-state index in [4.69, 9.17) is 5.73 Å². The predicted octanol–water partition coefficient (Wildman–Crippen LogP) is 3.81. The number of para-hydroxylation sites is 1. The van der Waals surface area contributed by atoms with Gasteiger partial charge in [-0.2, -0.15) is 15.3 Å². The number of rotatable bonds is 5. The maximum atomic E-state index is 14.1. The largest absolute Gasteiger partial charge is 0.368 e. The second-order valence-electron chi connectivity index (χ2n) is 8.19. The van der Waals surface area contributed by atoms with Gasteiger partial charge in [0.1, 0.15) is 17.5 Å². The summed E-state index contributed by atoms with van der Waals surface area (Å²) in [7, 11) is 1.84. The highest BCUT2D eigenvalue weighted by Gasteiger charge is 2.20. The molecule has 9 heteroatoms. The van der Waals surface area contributed by atoms with E-state index < -0.39 is 6.04 Å². The van der Waals surface area contributed by atoms with Crippen LogP contribution in [0.15, 0.2) is 78.0 Å². The first kappa shape index (κ1) is 21.9. The zero-order chi connectivity index (χ0) is 24.5. The molecule has 0 aliphatic carbocycles. The van der Waals surface area contributed by atoms with E-state index >= 15 is 0 Å². The molecule has 1 atom stereocenters. The van der Waals surface area contributed by atoms with Crippen LogP contribution >= 0.6 is 0 Å². The fourth-order valence-electron chi connectivity index (χ4n) is 4.21. The zero-order valence-electron chi connectivity index (χ0n) is 19.2. The van der Waals surface area contributed by atoms with Crippen LogP contribution in [-0.2, 0) is 7.05 Å². The van der Waals surface area contributed by atoms with Crippen LogP contribution in [0.1, 0.15) is 24.2 Å². The molecule has 0 radical (unpaired) electrons. The van der Waals surface area contributed by atoms with Gasteiger partial charge in [-0.15, -0.1) is 0 Å². The number of fused-ring (bicyclic) bond motifs is 1. The summed E-state index contributed by atoms with van der Waals surface area (Å²) in [4.78, 5) is 22.2. The summed E-state index contributed by atoms with van der Waals surface area (Å²) in [5.41, 5.74) is 8.98. The lowest BCUT2D eigenvalue weighted by Gasteiger charge is -2.22. The van der Waals surface area contributed by atoms with Crippen molar-refractivity contribution < 1.29 is 0 Å². The number of aryl methyl sites for hydroxylation is 1. The molecule has 0 spiro atoms. The van der Waals surface area contributed by atoms with Gasteiger partial charge in [0.05, 0.1) is 23.8 Å². The van der Waals surface area contributed by atoms with E-state index in [1.807, 2.05) is 74.8 Å². The molecule has 0 aliphatic rings. The van der Waals surface area contributed by atoms with Crippen LogP contribution in [0.3, 0.4) is 0 Å². The highest BCUT2D eigenvalue weighted by molar-refractivity contribution is 5.96. The second-order valence-corrected chi connectivity index (χ2v) is 8.19. The molecule has 0 saturated carbocycles. The smallest absolute Gasteiger partial charge is 0.263 e. The average Bonchev–Trinajstić information content (AvgIpc) is 3.30. The monoisotopic (exact) mass is 462 g/mol. The summed E-state index contributed by atoms with van der Waals surface area (Å²) in [5, 5.41) is 18.4. The fourth-order valence-corrected chi connectivity index (χ4v) is 4.21. The fraction of sp³-hybridized carbons (Fsp3) is 0.115. The lowest BCUT2D eigenvalue weighted by atomic mass is 9.99. The number of aromatic nitrogens is 5. The third-order valence-electron chi connectivity index (χ3n) is 5.83. The summed E-state index contributed by atoms with van der Waals surface area (Å²) < 4.78 is 3.40. The van der Waals surface area contributed by atoms with E-state index in [1.54, 1.807) is 15.4 Å². The van der Waals surface area contributed by atoms with E-state index in [2.05, 4.69) is 26.5 Å². The van der Waals surface area contributed by atoms with Crippen molar-refractivity contribution in [3.05, 3.63) is 94.8 Å². The van der Waals surface area contributed by atoms with E-state index in [0.29, 0.717) is 16.9 Å². The molecule has 3 N–H and O–H groups in total. The van der Waals surface area contributed by atoms with Gasteiger partial charge in [0.25, 0.3) is 5.56 Å². The van der Waals surface area contributed by atoms with Crippen molar-refractivity contribution in [2.24, 2.45) is 7.05 Å². The minimum absolute atomic E-state index is 0.0544. The number of nitrogens with zero attached hydrogens (tertiary/aromatic N) is 6. The molecule has 172 valence electrons. The van der Waals surface area contributed by atoms with Gasteiger partial charge in [-0.3, -0.25) is 14.0 Å². The molecule has 35 heavy (non-hydrogen) atoms. The maximum Gasteiger partial charge on any atom is 0.263 e. The standard InChI is InChI=1S/C26H22N8O/c1-16(31-24-18(12-27)13-29-26(28)32-24)22-11-17-7-6-10-21(19-14-30-33(2)15-19)23(17)25(35)34(22)20-8-4-3-5-9-20/h3-11,13-16H,1-2H3,(H3,28,29,31,32)/t16-/m1/s1. The van der Waals surface area contributed by atoms with Crippen LogP contribution in [0.4, 0.5) is 11.8 Å². The number of benzene rings is 2. The molecule has 2 aromatic carbocycles. The molecule has 3 aromatic heterocycles. The first-order valence-corrected chi connectivity index (χ1v) is 11.0. The summed E-state index contributed by atoms with van der Waals surface area (Å²) >= 11 is 0. The number of anilines is 2. The summed E-state index contributed by atoms with van der Waals surface area (Å²) in [6, 6.07) is 18.9. The number of nitrogens with two attached hydrogens (primary N) is 1. The van der Waals surface area contributed by atoms with E-state index in [-0.39, 0.29) is 17.1 Å². The van der Waals surface area contributed by atoms with Gasteiger partial charge in [-0.05, 0) is 36.1 Å². The summed E-state index contributed by atoms with van der Waals surface area (Å²) in [6.45, 7) is 1.91. The number of nitrogen functional groups attached to an aromatic ring is 1. The third-order valence-corrected chi connectivity index (χ3v) is 5.83. The molecule has 0 aliphatic heterocycles. The molecule has 0 fully saturated rings. The summed E-state index contributed by atoms with van der Waals surface area (Å²) in [5.74, 6) is 0.363. The molecular formula is C26H22N8O. The van der Waals surface area contributed by atoms with Gasteiger partial charge >= 0.3 is 0 Å². The van der Waals surface area contributed by atoms with Crippen molar-refractivity contribution in [3.63, 3.8) is 0 Å². The SMILES string of the molecule is C[C@@H](Nc1nc(N)ncc1C#N)c1cc2cccc(-c3cnn(C)c3)c2c(=O)n1-c1ccccc1. The van der Waals surface area contributed by atoms with Gasteiger partial charge in [0, 0.05) is 30.2 Å². The van der Waals surface area contributed by atoms with E-state index in [9.17, 15) is 10.1 Å². The number of nitrogens with one attached hydrogen (secondary N) is 1. The van der Waals surface area contributed by atoms with Gasteiger partial charge in [0.2, 0.25) is 5.95 Å². The van der Waals surface area contributed by atoms with Gasteiger partial charge in [-0.25, -0.2) is 4.98 Å². The zero-order valence-corrected chi connectivity index (χ0v) is 19.2. The average molecular weight is 463 g/mol. The Labute approximate surface area is 201 Å². The van der Waals surface area contributed by atoms with Crippen LogP contribution in [0.25, 0.3) is 27.6 Å². The van der Waals surface area contributed by atoms with Crippen LogP contribution < -0.4 is 16.6 Å². The minimum Gasteiger partial charge on any atom is -0.368 e. The minimum atomic E-state index is -0.393. The van der Waals surface area contributed by atoms with Crippen LogP contribution in [0, 0.1) is 11.3 Å². The van der Waals surface area contributed by atoms with Crippen LogP contribution in [-0.4, -0.2) is 24.3 Å². The van der Waals surface area contributed by atoms with E-state index in [0.717, 1.165) is 22.2 Å². The number of nitriles is 1. The van der Waals surface area contributed by atoms with E-state index in [1.165, 1.54) is 6.20 Å². The van der Waals surface area contributed by atoms with Crippen molar-refractivity contribution in [2.45, 2.75) is 13.0 Å². The quantitative estimate of drug-likeness (QED) is 0.406. The first-order valence-electron chi connectivity index (χ1n) is 11.0. The highest BCUT2D eigenvalue weighted by atomic mass is 16.1. The molecular weight excluding hydrogens is 440 g/mol. The topological polar surface area (TPSA) is 127 Å². The molecule has 0 bridgehead atoms. The lowest BCUT2D eigenvalue weighted by Crippen LogP contribution is -2.26. The maximum absolute atomic E-state index is 14.1. The molecule has 0 unspecified atom stereocenters. The third kappa shape index (κ3) is 3.98. The molecule has 9 nitrogen and oxygen atoms in total. The van der Waals surface area contributed by atoms with Crippen molar-refractivity contribution in [1.82, 2.24) is 24.3 Å². The number of pyridine rings is 1. The molecule has 5 aromatic rings. The normalized spacial score (nSPS) is 11.8. The Morgan fingerprint density at radius 1 is 1.11 bits per heavy atom. The predicted molar refractivity (Wildman–Crippen MR) is 135 cm³/mol. The Hall–Kier alpha value is -4.97. The van der Waals surface area contributed by atoms with Crippen molar-refractivity contribution in [2.75, 3.05) is 11.1 Å². The first-order chi connectivity index (χ1) is 17.0. The highest BCUT2D eigenvalue weighted by Crippen LogP contribution is 2.30. The Bertz CT molecular complexity index is 1650. The molecule has 0 saturated heterocycles. The Morgan fingerprint density at radius 2 is 1.91 bits per heavy atom. The summed E-state index contributed by atoms with van der Waals surface area (Å²) in [6.07, 6.45) is 5.02. The van der Waals surface area contributed by atoms with Crippen LogP contribution in [0.2, 0.25) is 0 Å². The van der Waals surface area contributed by atoms with Crippen molar-refractivity contribution >= 4 is 22.5 Å². The number of hydrogen-bond acceptors (Lipinski definition) is 7. The molecule has 5 rings (SSSR count). The van der Waals surface area contributed by atoms with Crippen LogP contribution in [0.5, 0.6) is 0 Å². The lowest BCUT2D eigenvalue weighted by molar-refractivity contribution is 0.768. The Morgan fingerprint density at radius 3 is 2.63 bits per heavy atom. The number of hydrogen-bond donors (Lipinski definition) is 2. The van der Waals surface area contributed by atoms with Crippen molar-refractivity contribution in [1.29, 1.82) is 5.26 Å². The Kier molecular flexibility index (Phi) is 5.47.